The Morgan fingerprint density at radius 3 is 2.82 bits per heavy atom. The molecule has 0 saturated heterocycles. The van der Waals surface area contributed by atoms with Crippen LogP contribution in [-0.4, -0.2) is 26.5 Å². The van der Waals surface area contributed by atoms with Crippen molar-refractivity contribution in [1.29, 1.82) is 0 Å². The van der Waals surface area contributed by atoms with Gasteiger partial charge in [-0.05, 0) is 30.6 Å². The molecule has 1 aliphatic carbocycles. The van der Waals surface area contributed by atoms with Gasteiger partial charge in [-0.25, -0.2) is 4.98 Å². The molecule has 92 valence electrons. The van der Waals surface area contributed by atoms with Crippen molar-refractivity contribution in [3.8, 4) is 0 Å². The topological polar surface area (TPSA) is 105 Å². The molecule has 0 atom stereocenters. The first-order chi connectivity index (χ1) is 8.01. The van der Waals surface area contributed by atoms with Gasteiger partial charge < -0.3 is 10.4 Å². The third kappa shape index (κ3) is 2.52. The fourth-order valence-electron chi connectivity index (χ4n) is 1.87. The molecular formula is C9H11N3O4S. The highest BCUT2D eigenvalue weighted by atomic mass is 32.1. The first-order valence-electron chi connectivity index (χ1n) is 5.11. The number of rotatable bonds is 5. The van der Waals surface area contributed by atoms with Gasteiger partial charge in [0.1, 0.15) is 6.20 Å². The second kappa shape index (κ2) is 4.28. The minimum atomic E-state index is -0.872. The largest absolute Gasteiger partial charge is 0.481 e. The number of nitrogens with zero attached hydrogens (tertiary/aromatic N) is 2. The van der Waals surface area contributed by atoms with Gasteiger partial charge in [0.25, 0.3) is 0 Å². The fraction of sp³-hybridized carbons (Fsp3) is 0.556. The molecular weight excluding hydrogens is 246 g/mol. The number of hydrogen-bond acceptors (Lipinski definition) is 6. The standard InChI is InChI=1S/C9H11N3O4S/c13-7(14)4-9(2-1-3-9)11-8-10-5-6(17-8)12(15)16/h5H,1-4H2,(H,10,11)(H,13,14). The molecule has 1 saturated carbocycles. The third-order valence-corrected chi connectivity index (χ3v) is 3.71. The summed E-state index contributed by atoms with van der Waals surface area (Å²) in [4.78, 5) is 24.6. The van der Waals surface area contributed by atoms with Crippen LogP contribution in [0, 0.1) is 10.1 Å². The number of anilines is 1. The Bertz CT molecular complexity index is 455. The number of carboxylic acids is 1. The monoisotopic (exact) mass is 257 g/mol. The summed E-state index contributed by atoms with van der Waals surface area (Å²) in [6.07, 6.45) is 3.67. The van der Waals surface area contributed by atoms with Crippen molar-refractivity contribution >= 4 is 27.4 Å². The van der Waals surface area contributed by atoms with E-state index < -0.39 is 16.4 Å². The van der Waals surface area contributed by atoms with E-state index in [1.165, 1.54) is 6.20 Å². The van der Waals surface area contributed by atoms with Gasteiger partial charge >= 0.3 is 11.0 Å². The van der Waals surface area contributed by atoms with E-state index in [2.05, 4.69) is 10.3 Å². The predicted molar refractivity (Wildman–Crippen MR) is 61.2 cm³/mol. The first kappa shape index (κ1) is 11.8. The lowest BCUT2D eigenvalue weighted by Crippen LogP contribution is -2.46. The maximum absolute atomic E-state index is 10.7. The molecule has 0 spiro atoms. The number of nitro groups is 1. The molecule has 0 aliphatic heterocycles. The van der Waals surface area contributed by atoms with E-state index >= 15 is 0 Å². The number of nitrogens with one attached hydrogen (secondary N) is 1. The van der Waals surface area contributed by atoms with Crippen LogP contribution in [0.1, 0.15) is 25.7 Å². The summed E-state index contributed by atoms with van der Waals surface area (Å²) in [5, 5.41) is 22.7. The Hall–Kier alpha value is -1.70. The first-order valence-corrected chi connectivity index (χ1v) is 5.93. The molecule has 0 aromatic carbocycles. The van der Waals surface area contributed by atoms with Crippen LogP contribution >= 0.6 is 11.3 Å². The van der Waals surface area contributed by atoms with Crippen molar-refractivity contribution in [3.05, 3.63) is 16.3 Å². The number of carboxylic acid groups (broad SMARTS) is 1. The Labute approximate surface area is 101 Å². The lowest BCUT2D eigenvalue weighted by Gasteiger charge is -2.41. The molecule has 1 aromatic rings. The number of hydrogen-bond donors (Lipinski definition) is 2. The van der Waals surface area contributed by atoms with E-state index in [1.54, 1.807) is 0 Å². The molecule has 1 fully saturated rings. The van der Waals surface area contributed by atoms with Crippen LogP contribution in [0.4, 0.5) is 10.1 Å². The Morgan fingerprint density at radius 2 is 2.41 bits per heavy atom. The third-order valence-electron chi connectivity index (χ3n) is 2.85. The Morgan fingerprint density at radius 1 is 1.71 bits per heavy atom. The highest BCUT2D eigenvalue weighted by Crippen LogP contribution is 2.39. The molecule has 1 aliphatic rings. The molecule has 17 heavy (non-hydrogen) atoms. The lowest BCUT2D eigenvalue weighted by atomic mass is 9.74. The van der Waals surface area contributed by atoms with E-state index in [0.29, 0.717) is 5.13 Å². The second-order valence-electron chi connectivity index (χ2n) is 4.09. The smallest absolute Gasteiger partial charge is 0.345 e. The predicted octanol–water partition coefficient (Wildman–Crippen LogP) is 1.86. The zero-order chi connectivity index (χ0) is 12.5. The van der Waals surface area contributed by atoms with Gasteiger partial charge in [0, 0.05) is 5.54 Å². The van der Waals surface area contributed by atoms with Crippen LogP contribution in [0.25, 0.3) is 0 Å². The van der Waals surface area contributed by atoms with Crippen molar-refractivity contribution < 1.29 is 14.8 Å². The molecule has 1 heterocycles. The summed E-state index contributed by atoms with van der Waals surface area (Å²) in [6, 6.07) is 0. The van der Waals surface area contributed by atoms with Gasteiger partial charge in [0.2, 0.25) is 0 Å². The van der Waals surface area contributed by atoms with Gasteiger partial charge in [0.15, 0.2) is 5.13 Å². The summed E-state index contributed by atoms with van der Waals surface area (Å²) in [6.45, 7) is 0. The van der Waals surface area contributed by atoms with Crippen LogP contribution in [0.2, 0.25) is 0 Å². The zero-order valence-corrected chi connectivity index (χ0v) is 9.70. The molecule has 1 aromatic heterocycles. The molecule has 0 amide bonds. The van der Waals surface area contributed by atoms with E-state index in [-0.39, 0.29) is 11.4 Å². The molecule has 8 heteroatoms. The van der Waals surface area contributed by atoms with Gasteiger partial charge in [-0.3, -0.25) is 14.9 Å². The molecule has 0 bridgehead atoms. The van der Waals surface area contributed by atoms with Crippen LogP contribution < -0.4 is 5.32 Å². The minimum Gasteiger partial charge on any atom is -0.481 e. The maximum Gasteiger partial charge on any atom is 0.345 e. The highest BCUT2D eigenvalue weighted by Gasteiger charge is 2.39. The van der Waals surface area contributed by atoms with Crippen LogP contribution in [0.5, 0.6) is 0 Å². The average molecular weight is 257 g/mol. The summed E-state index contributed by atoms with van der Waals surface area (Å²) in [5.41, 5.74) is -0.475. The molecule has 0 unspecified atom stereocenters. The number of carbonyl (C=O) groups is 1. The van der Waals surface area contributed by atoms with Crippen molar-refractivity contribution in [2.24, 2.45) is 0 Å². The zero-order valence-electron chi connectivity index (χ0n) is 8.88. The SMILES string of the molecule is O=C(O)CC1(Nc2ncc([N+](=O)[O-])s2)CCC1. The van der Waals surface area contributed by atoms with Crippen molar-refractivity contribution in [2.75, 3.05) is 5.32 Å². The fourth-order valence-corrected chi connectivity index (χ4v) is 2.62. The number of thiazole rings is 1. The summed E-state index contributed by atoms with van der Waals surface area (Å²) >= 11 is 0.930. The molecule has 2 rings (SSSR count). The summed E-state index contributed by atoms with van der Waals surface area (Å²) < 4.78 is 0. The summed E-state index contributed by atoms with van der Waals surface area (Å²) in [7, 11) is 0. The van der Waals surface area contributed by atoms with Crippen LogP contribution in [-0.2, 0) is 4.79 Å². The van der Waals surface area contributed by atoms with Gasteiger partial charge in [-0.2, -0.15) is 0 Å². The Balaban J connectivity index is 2.07. The van der Waals surface area contributed by atoms with Crippen molar-refractivity contribution in [3.63, 3.8) is 0 Å². The lowest BCUT2D eigenvalue weighted by molar-refractivity contribution is -0.380. The second-order valence-corrected chi connectivity index (χ2v) is 5.10. The van der Waals surface area contributed by atoms with Crippen molar-refractivity contribution in [1.82, 2.24) is 4.98 Å². The number of aromatic nitrogens is 1. The normalized spacial score (nSPS) is 17.2. The maximum atomic E-state index is 10.7. The quantitative estimate of drug-likeness (QED) is 0.616. The van der Waals surface area contributed by atoms with E-state index in [1.807, 2.05) is 0 Å². The van der Waals surface area contributed by atoms with Gasteiger partial charge in [0.05, 0.1) is 11.3 Å². The summed E-state index contributed by atoms with van der Waals surface area (Å²) in [5.74, 6) is -0.872. The van der Waals surface area contributed by atoms with E-state index in [9.17, 15) is 14.9 Å². The van der Waals surface area contributed by atoms with Crippen LogP contribution in [0.15, 0.2) is 6.20 Å². The van der Waals surface area contributed by atoms with E-state index in [0.717, 1.165) is 30.6 Å². The molecule has 0 radical (unpaired) electrons. The highest BCUT2D eigenvalue weighted by molar-refractivity contribution is 7.18. The van der Waals surface area contributed by atoms with Gasteiger partial charge in [-0.15, -0.1) is 0 Å². The molecule has 2 N–H and O–H groups in total. The molecule has 7 nitrogen and oxygen atoms in total. The average Bonchev–Trinajstić information content (AvgIpc) is 2.62. The van der Waals surface area contributed by atoms with E-state index in [4.69, 9.17) is 5.11 Å². The Kier molecular flexibility index (Phi) is 2.97. The number of aliphatic carboxylic acids is 1. The van der Waals surface area contributed by atoms with Crippen LogP contribution in [0.3, 0.4) is 0 Å². The van der Waals surface area contributed by atoms with Crippen molar-refractivity contribution in [2.45, 2.75) is 31.2 Å². The minimum absolute atomic E-state index is 0.0143. The van der Waals surface area contributed by atoms with Gasteiger partial charge in [-0.1, -0.05) is 0 Å².